The molecule has 0 spiro atoms. The van der Waals surface area contributed by atoms with Crippen molar-refractivity contribution in [2.24, 2.45) is 5.11 Å². The average molecular weight is 369 g/mol. The van der Waals surface area contributed by atoms with Crippen LogP contribution < -0.4 is 0 Å². The van der Waals surface area contributed by atoms with Crippen molar-refractivity contribution in [2.45, 2.75) is 43.2 Å². The third kappa shape index (κ3) is 3.95. The molecule has 2 heterocycles. The number of hydrogen-bond acceptors (Lipinski definition) is 7. The lowest BCUT2D eigenvalue weighted by Gasteiger charge is -2.40. The van der Waals surface area contributed by atoms with Crippen LogP contribution in [0.5, 0.6) is 0 Å². The first-order chi connectivity index (χ1) is 11.9. The van der Waals surface area contributed by atoms with Gasteiger partial charge in [-0.25, -0.2) is 0 Å². The zero-order valence-corrected chi connectivity index (χ0v) is 14.6. The molecule has 136 valence electrons. The number of benzene rings is 1. The average Bonchev–Trinajstić information content (AvgIpc) is 3.00. The van der Waals surface area contributed by atoms with Crippen LogP contribution in [0.25, 0.3) is 10.4 Å². The maximum atomic E-state index is 11.7. The minimum Gasteiger partial charge on any atom is -0.365 e. The van der Waals surface area contributed by atoms with Gasteiger partial charge in [0.15, 0.2) is 6.29 Å². The van der Waals surface area contributed by atoms with E-state index in [2.05, 4.69) is 10.0 Å². The van der Waals surface area contributed by atoms with Crippen molar-refractivity contribution in [1.82, 2.24) is 0 Å². The number of methoxy groups -OCH3 is 1. The van der Waals surface area contributed by atoms with Crippen molar-refractivity contribution in [1.29, 1.82) is 0 Å². The predicted octanol–water partition coefficient (Wildman–Crippen LogP) is 1.91. The third-order valence-corrected chi connectivity index (χ3v) is 4.83. The van der Waals surface area contributed by atoms with Crippen LogP contribution in [-0.4, -0.2) is 52.4 Å². The van der Waals surface area contributed by atoms with E-state index in [-0.39, 0.29) is 6.10 Å². The molecule has 10 heteroatoms. The maximum Gasteiger partial charge on any atom is 0.264 e. The number of nitrogens with zero attached hydrogens (tertiary/aromatic N) is 3. The van der Waals surface area contributed by atoms with E-state index in [0.717, 1.165) is 11.8 Å². The Balaban J connectivity index is 1.91. The summed E-state index contributed by atoms with van der Waals surface area (Å²) < 4.78 is 45.7. The van der Waals surface area contributed by atoms with Crippen molar-refractivity contribution in [2.75, 3.05) is 13.4 Å². The Bertz CT molecular complexity index is 752. The molecule has 0 radical (unpaired) electrons. The van der Waals surface area contributed by atoms with Gasteiger partial charge in [0.05, 0.1) is 18.5 Å². The number of rotatable bonds is 5. The fourth-order valence-corrected chi connectivity index (χ4v) is 3.90. The van der Waals surface area contributed by atoms with Crippen molar-refractivity contribution in [3.05, 3.63) is 46.3 Å². The molecule has 2 aliphatic heterocycles. The Labute approximate surface area is 145 Å². The van der Waals surface area contributed by atoms with Crippen molar-refractivity contribution < 1.29 is 26.8 Å². The second-order valence-corrected chi connectivity index (χ2v) is 7.58. The minimum atomic E-state index is -3.80. The van der Waals surface area contributed by atoms with Crippen LogP contribution in [0, 0.1) is 0 Å². The van der Waals surface area contributed by atoms with Gasteiger partial charge in [-0.05, 0) is 11.1 Å². The largest absolute Gasteiger partial charge is 0.365 e. The standard InChI is InChI=1S/C15H19N3O6S/c1-21-15-12(17-18-16)14(24-25(2,19)20)13-11(23-15)8-10(22-13)9-6-4-3-5-7-9/h3-7,10-15H,8H2,1-2H3/t10-,11+,12-,13+,14-,15+/m1/s1. The highest BCUT2D eigenvalue weighted by atomic mass is 32.2. The molecule has 2 saturated heterocycles. The first-order valence-electron chi connectivity index (χ1n) is 7.74. The Kier molecular flexibility index (Phi) is 5.28. The van der Waals surface area contributed by atoms with Crippen LogP contribution in [-0.2, 0) is 28.5 Å². The van der Waals surface area contributed by atoms with E-state index in [1.807, 2.05) is 30.3 Å². The van der Waals surface area contributed by atoms with E-state index < -0.39 is 40.8 Å². The van der Waals surface area contributed by atoms with E-state index in [1.165, 1.54) is 7.11 Å². The van der Waals surface area contributed by atoms with Crippen LogP contribution >= 0.6 is 0 Å². The molecule has 0 saturated carbocycles. The summed E-state index contributed by atoms with van der Waals surface area (Å²) in [7, 11) is -2.41. The van der Waals surface area contributed by atoms with Crippen LogP contribution in [0.3, 0.4) is 0 Å². The van der Waals surface area contributed by atoms with E-state index in [9.17, 15) is 8.42 Å². The van der Waals surface area contributed by atoms with Gasteiger partial charge in [-0.3, -0.25) is 4.18 Å². The molecular formula is C15H19N3O6S. The van der Waals surface area contributed by atoms with Crippen LogP contribution in [0.2, 0.25) is 0 Å². The minimum absolute atomic E-state index is 0.274. The fourth-order valence-electron chi connectivity index (χ4n) is 3.27. The molecule has 6 atom stereocenters. The molecule has 0 aromatic heterocycles. The highest BCUT2D eigenvalue weighted by molar-refractivity contribution is 7.86. The second-order valence-electron chi connectivity index (χ2n) is 5.97. The molecule has 2 fully saturated rings. The highest BCUT2D eigenvalue weighted by Gasteiger charge is 2.53. The molecule has 3 rings (SSSR count). The highest BCUT2D eigenvalue weighted by Crippen LogP contribution is 2.42. The van der Waals surface area contributed by atoms with Gasteiger partial charge in [0.25, 0.3) is 10.1 Å². The summed E-state index contributed by atoms with van der Waals surface area (Å²) >= 11 is 0. The first kappa shape index (κ1) is 18.1. The summed E-state index contributed by atoms with van der Waals surface area (Å²) in [6.07, 6.45) is -1.89. The van der Waals surface area contributed by atoms with E-state index in [0.29, 0.717) is 6.42 Å². The topological polar surface area (TPSA) is 120 Å². The molecule has 0 bridgehead atoms. The van der Waals surface area contributed by atoms with Gasteiger partial charge >= 0.3 is 0 Å². The van der Waals surface area contributed by atoms with Crippen LogP contribution in [0.4, 0.5) is 0 Å². The molecule has 2 aliphatic rings. The SMILES string of the molecule is CO[C@H]1O[C@H]2C[C@H](c3ccccc3)O[C@@H]2[C@H](OS(C)(=O)=O)[C@H]1N=[N+]=[N-]. The molecular weight excluding hydrogens is 350 g/mol. The van der Waals surface area contributed by atoms with Gasteiger partial charge in [-0.15, -0.1) is 0 Å². The molecule has 0 amide bonds. The van der Waals surface area contributed by atoms with E-state index in [4.69, 9.17) is 23.9 Å². The van der Waals surface area contributed by atoms with Crippen molar-refractivity contribution in [3.63, 3.8) is 0 Å². The van der Waals surface area contributed by atoms with Crippen LogP contribution in [0.1, 0.15) is 18.1 Å². The first-order valence-corrected chi connectivity index (χ1v) is 9.55. The quantitative estimate of drug-likeness (QED) is 0.338. The Hall–Kier alpha value is -1.68. The lowest BCUT2D eigenvalue weighted by molar-refractivity contribution is -0.234. The fraction of sp³-hybridized carbons (Fsp3) is 0.600. The number of ether oxygens (including phenoxy) is 3. The van der Waals surface area contributed by atoms with Gasteiger partial charge in [0.1, 0.15) is 18.2 Å². The smallest absolute Gasteiger partial charge is 0.264 e. The van der Waals surface area contributed by atoms with Gasteiger partial charge in [-0.2, -0.15) is 8.42 Å². The normalized spacial score (nSPS) is 35.0. The monoisotopic (exact) mass is 369 g/mol. The molecule has 9 nitrogen and oxygen atoms in total. The maximum absolute atomic E-state index is 11.7. The summed E-state index contributed by atoms with van der Waals surface area (Å²) in [4.78, 5) is 2.76. The van der Waals surface area contributed by atoms with Crippen molar-refractivity contribution >= 4 is 10.1 Å². The molecule has 25 heavy (non-hydrogen) atoms. The molecule has 1 aromatic rings. The summed E-state index contributed by atoms with van der Waals surface area (Å²) in [6, 6.07) is 8.55. The summed E-state index contributed by atoms with van der Waals surface area (Å²) in [6.45, 7) is 0. The zero-order valence-electron chi connectivity index (χ0n) is 13.8. The summed E-state index contributed by atoms with van der Waals surface area (Å²) in [5.41, 5.74) is 9.77. The Morgan fingerprint density at radius 3 is 2.60 bits per heavy atom. The number of fused-ring (bicyclic) bond motifs is 1. The van der Waals surface area contributed by atoms with E-state index >= 15 is 0 Å². The zero-order chi connectivity index (χ0) is 18.0. The third-order valence-electron chi connectivity index (χ3n) is 4.26. The lowest BCUT2D eigenvalue weighted by Crippen LogP contribution is -2.57. The second kappa shape index (κ2) is 7.28. The number of hydrogen-bond donors (Lipinski definition) is 0. The van der Waals surface area contributed by atoms with Gasteiger partial charge in [0, 0.05) is 18.4 Å². The van der Waals surface area contributed by atoms with Gasteiger partial charge < -0.3 is 14.2 Å². The molecule has 0 aliphatic carbocycles. The summed E-state index contributed by atoms with van der Waals surface area (Å²) in [5.74, 6) is 0. The number of azide groups is 1. The molecule has 0 N–H and O–H groups in total. The van der Waals surface area contributed by atoms with Gasteiger partial charge in [0.2, 0.25) is 0 Å². The lowest BCUT2D eigenvalue weighted by atomic mass is 9.96. The predicted molar refractivity (Wildman–Crippen MR) is 87.0 cm³/mol. The van der Waals surface area contributed by atoms with Crippen molar-refractivity contribution in [3.8, 4) is 0 Å². The summed E-state index contributed by atoms with van der Waals surface area (Å²) in [5, 5.41) is 3.62. The molecule has 0 unspecified atom stereocenters. The van der Waals surface area contributed by atoms with Gasteiger partial charge in [-0.1, -0.05) is 35.4 Å². The van der Waals surface area contributed by atoms with Crippen LogP contribution in [0.15, 0.2) is 35.4 Å². The Morgan fingerprint density at radius 1 is 1.28 bits per heavy atom. The van der Waals surface area contributed by atoms with E-state index in [1.54, 1.807) is 0 Å². The Morgan fingerprint density at radius 2 is 2.00 bits per heavy atom. The molecule has 1 aromatic carbocycles.